The largest absolute Gasteiger partial charge is 0.308 e. The van der Waals surface area contributed by atoms with Gasteiger partial charge in [-0.25, -0.2) is 0 Å². The van der Waals surface area contributed by atoms with E-state index in [4.69, 9.17) is 0 Å². The zero-order valence-corrected chi connectivity index (χ0v) is 27.1. The molecule has 0 unspecified atom stereocenters. The minimum atomic E-state index is 0.473. The van der Waals surface area contributed by atoms with Crippen LogP contribution in [0.5, 0.6) is 0 Å². The summed E-state index contributed by atoms with van der Waals surface area (Å²) >= 11 is 0. The normalized spacial score (nSPS) is 13.4. The average molecular weight is 573 g/mol. The minimum absolute atomic E-state index is 0.473. The number of hydrogen-bond donors (Lipinski definition) is 0. The maximum absolute atomic E-state index is 2.62. The molecule has 4 heterocycles. The van der Waals surface area contributed by atoms with Crippen molar-refractivity contribution in [3.63, 3.8) is 0 Å². The van der Waals surface area contributed by atoms with Crippen LogP contribution in [0, 0.1) is 0 Å². The Labute approximate surface area is 258 Å². The molecule has 218 valence electrons. The van der Waals surface area contributed by atoms with Crippen LogP contribution < -0.4 is 0 Å². The Hall–Kier alpha value is -4.30. The number of fused-ring (bicyclic) bond motifs is 14. The first-order valence-corrected chi connectivity index (χ1v) is 16.6. The van der Waals surface area contributed by atoms with Gasteiger partial charge in [0.1, 0.15) is 0 Å². The van der Waals surface area contributed by atoms with E-state index in [9.17, 15) is 0 Å². The highest BCUT2D eigenvalue weighted by Gasteiger charge is 2.29. The van der Waals surface area contributed by atoms with Gasteiger partial charge in [-0.05, 0) is 70.2 Å². The van der Waals surface area contributed by atoms with Crippen LogP contribution in [0.25, 0.3) is 76.2 Å². The standard InChI is InChI=1S/C42H40N2/c1-21(2)25-9-13-29-33(17-25)43-34-18-26(22(3)4)10-14-30(34)39-40-32-16-12-28(24(7)8)20-36(32)44-35-19-27(23(5)6)11-15-31(35)38(42(40)44)37(29)41(39)43/h9-24H,1-8H3. The summed E-state index contributed by atoms with van der Waals surface area (Å²) in [6.07, 6.45) is 0. The molecule has 0 N–H and O–H groups in total. The second kappa shape index (κ2) is 8.66. The summed E-state index contributed by atoms with van der Waals surface area (Å²) in [5, 5.41) is 11.1. The summed E-state index contributed by atoms with van der Waals surface area (Å²) in [5.41, 5.74) is 13.7. The summed E-state index contributed by atoms with van der Waals surface area (Å²) < 4.78 is 5.24. The van der Waals surface area contributed by atoms with Crippen LogP contribution in [0.15, 0.2) is 72.8 Å². The summed E-state index contributed by atoms with van der Waals surface area (Å²) in [5.74, 6) is 1.89. The van der Waals surface area contributed by atoms with Crippen molar-refractivity contribution in [2.75, 3.05) is 0 Å². The predicted octanol–water partition coefficient (Wildman–Crippen LogP) is 12.5. The highest BCUT2D eigenvalue weighted by molar-refractivity contribution is 6.45. The Morgan fingerprint density at radius 2 is 0.568 bits per heavy atom. The summed E-state index contributed by atoms with van der Waals surface area (Å²) in [7, 11) is 0. The minimum Gasteiger partial charge on any atom is -0.308 e. The van der Waals surface area contributed by atoms with E-state index >= 15 is 0 Å². The summed E-state index contributed by atoms with van der Waals surface area (Å²) in [6.45, 7) is 18.5. The molecule has 0 radical (unpaired) electrons. The zero-order chi connectivity index (χ0) is 30.3. The molecule has 0 atom stereocenters. The number of benzene rings is 5. The van der Waals surface area contributed by atoms with Gasteiger partial charge in [0.2, 0.25) is 0 Å². The van der Waals surface area contributed by atoms with Crippen molar-refractivity contribution >= 4 is 76.2 Å². The molecule has 0 saturated heterocycles. The highest BCUT2D eigenvalue weighted by Crippen LogP contribution is 2.52. The Balaban J connectivity index is 1.65. The molecule has 0 aliphatic heterocycles. The van der Waals surface area contributed by atoms with Gasteiger partial charge in [0.15, 0.2) is 0 Å². The third-order valence-corrected chi connectivity index (χ3v) is 10.7. The van der Waals surface area contributed by atoms with E-state index in [0.29, 0.717) is 23.7 Å². The van der Waals surface area contributed by atoms with Gasteiger partial charge in [0, 0.05) is 43.1 Å². The third-order valence-electron chi connectivity index (χ3n) is 10.7. The monoisotopic (exact) mass is 572 g/mol. The fourth-order valence-corrected chi connectivity index (χ4v) is 8.18. The number of hydrogen-bond acceptors (Lipinski definition) is 0. The van der Waals surface area contributed by atoms with Crippen LogP contribution in [-0.4, -0.2) is 8.80 Å². The second-order valence-electron chi connectivity index (χ2n) is 14.6. The van der Waals surface area contributed by atoms with E-state index in [1.165, 1.54) is 98.4 Å². The molecule has 2 heteroatoms. The molecule has 2 nitrogen and oxygen atoms in total. The molecule has 0 fully saturated rings. The van der Waals surface area contributed by atoms with Crippen LogP contribution in [0.3, 0.4) is 0 Å². The topological polar surface area (TPSA) is 8.82 Å². The Bertz CT molecular complexity index is 2240. The first kappa shape index (κ1) is 26.1. The second-order valence-corrected chi connectivity index (χ2v) is 14.6. The Morgan fingerprint density at radius 1 is 0.341 bits per heavy atom. The zero-order valence-electron chi connectivity index (χ0n) is 27.1. The van der Waals surface area contributed by atoms with Crippen molar-refractivity contribution in [1.29, 1.82) is 0 Å². The van der Waals surface area contributed by atoms with Gasteiger partial charge in [-0.15, -0.1) is 0 Å². The molecule has 0 bridgehead atoms. The number of rotatable bonds is 4. The van der Waals surface area contributed by atoms with E-state index in [2.05, 4.69) is 137 Å². The molecule has 0 saturated carbocycles. The molecule has 4 aromatic heterocycles. The molecule has 44 heavy (non-hydrogen) atoms. The molecule has 9 rings (SSSR count). The highest BCUT2D eigenvalue weighted by atomic mass is 14.9. The van der Waals surface area contributed by atoms with Crippen LogP contribution in [0.1, 0.15) is 101 Å². The molecular weight excluding hydrogens is 532 g/mol. The molecule has 0 aliphatic rings. The maximum Gasteiger partial charge on any atom is 0.0634 e. The molecule has 5 aromatic carbocycles. The fourth-order valence-electron chi connectivity index (χ4n) is 8.18. The van der Waals surface area contributed by atoms with Gasteiger partial charge in [-0.2, -0.15) is 0 Å². The van der Waals surface area contributed by atoms with Crippen molar-refractivity contribution in [3.05, 3.63) is 95.1 Å². The smallest absolute Gasteiger partial charge is 0.0634 e. The third kappa shape index (κ3) is 3.11. The summed E-state index contributed by atoms with van der Waals surface area (Å²) in [4.78, 5) is 0. The quantitative estimate of drug-likeness (QED) is 0.198. The lowest BCUT2D eigenvalue weighted by Crippen LogP contribution is -1.90. The van der Waals surface area contributed by atoms with Crippen molar-refractivity contribution in [2.45, 2.75) is 79.1 Å². The maximum atomic E-state index is 2.62. The summed E-state index contributed by atoms with van der Waals surface area (Å²) in [6, 6.07) is 29.0. The van der Waals surface area contributed by atoms with Crippen molar-refractivity contribution in [1.82, 2.24) is 8.80 Å². The first-order chi connectivity index (χ1) is 21.2. The van der Waals surface area contributed by atoms with E-state index in [-0.39, 0.29) is 0 Å². The predicted molar refractivity (Wildman–Crippen MR) is 192 cm³/mol. The lowest BCUT2D eigenvalue weighted by atomic mass is 9.94. The molecular formula is C42H40N2. The van der Waals surface area contributed by atoms with E-state index in [1.807, 2.05) is 0 Å². The molecule has 0 amide bonds. The molecule has 9 aromatic rings. The first-order valence-electron chi connectivity index (χ1n) is 16.6. The van der Waals surface area contributed by atoms with Crippen LogP contribution >= 0.6 is 0 Å². The Kier molecular flexibility index (Phi) is 5.14. The van der Waals surface area contributed by atoms with Crippen LogP contribution in [0.2, 0.25) is 0 Å². The fraction of sp³-hybridized carbons (Fsp3) is 0.286. The van der Waals surface area contributed by atoms with Gasteiger partial charge in [-0.1, -0.05) is 104 Å². The van der Waals surface area contributed by atoms with E-state index in [1.54, 1.807) is 0 Å². The molecule has 0 spiro atoms. The van der Waals surface area contributed by atoms with Crippen molar-refractivity contribution in [3.8, 4) is 0 Å². The molecule has 0 aliphatic carbocycles. The van der Waals surface area contributed by atoms with Gasteiger partial charge >= 0.3 is 0 Å². The average Bonchev–Trinajstić information content (AvgIpc) is 3.72. The van der Waals surface area contributed by atoms with Crippen molar-refractivity contribution in [2.24, 2.45) is 0 Å². The van der Waals surface area contributed by atoms with Gasteiger partial charge in [0.05, 0.1) is 33.1 Å². The lowest BCUT2D eigenvalue weighted by Gasteiger charge is -2.09. The van der Waals surface area contributed by atoms with Gasteiger partial charge in [0.25, 0.3) is 0 Å². The van der Waals surface area contributed by atoms with Crippen LogP contribution in [-0.2, 0) is 0 Å². The number of aromatic nitrogens is 2. The lowest BCUT2D eigenvalue weighted by molar-refractivity contribution is 0.867. The van der Waals surface area contributed by atoms with Crippen molar-refractivity contribution < 1.29 is 0 Å². The van der Waals surface area contributed by atoms with E-state index in [0.717, 1.165) is 0 Å². The number of nitrogens with zero attached hydrogens (tertiary/aromatic N) is 2. The Morgan fingerprint density at radius 3 is 0.773 bits per heavy atom. The SMILES string of the molecule is CC(C)c1ccc2c3c4c5ccc(C(C)C)cc5n5c6cc(C(C)C)ccc6c(c6c7ccc(C(C)C)cc7n(c2c1)c36)c45. The van der Waals surface area contributed by atoms with Gasteiger partial charge in [-0.3, -0.25) is 0 Å². The van der Waals surface area contributed by atoms with E-state index < -0.39 is 0 Å². The van der Waals surface area contributed by atoms with Crippen LogP contribution in [0.4, 0.5) is 0 Å². The van der Waals surface area contributed by atoms with Gasteiger partial charge < -0.3 is 8.80 Å².